The Morgan fingerprint density at radius 1 is 1.21 bits per heavy atom. The summed E-state index contributed by atoms with van der Waals surface area (Å²) in [5.41, 5.74) is 1.20. The number of nitrogens with one attached hydrogen (secondary N) is 1. The number of benzene rings is 1. The van der Waals surface area contributed by atoms with E-state index in [1.54, 1.807) is 23.1 Å². The first-order valence-corrected chi connectivity index (χ1v) is 9.90. The van der Waals surface area contributed by atoms with Gasteiger partial charge >= 0.3 is 0 Å². The van der Waals surface area contributed by atoms with Crippen molar-refractivity contribution in [3.05, 3.63) is 24.3 Å². The van der Waals surface area contributed by atoms with Crippen molar-refractivity contribution in [3.63, 3.8) is 0 Å². The molecule has 1 N–H and O–H groups in total. The zero-order valence-electron chi connectivity index (χ0n) is 13.6. The fraction of sp³-hybridized carbons (Fsp3) is 0.500. The van der Waals surface area contributed by atoms with E-state index in [2.05, 4.69) is 5.32 Å². The second kappa shape index (κ2) is 6.52. The molecule has 0 spiro atoms. The highest BCUT2D eigenvalue weighted by Crippen LogP contribution is 2.30. The van der Waals surface area contributed by atoms with E-state index >= 15 is 0 Å². The van der Waals surface area contributed by atoms with Crippen molar-refractivity contribution in [2.75, 3.05) is 29.6 Å². The minimum absolute atomic E-state index is 0.0373. The lowest BCUT2D eigenvalue weighted by molar-refractivity contribution is -0.119. The van der Waals surface area contributed by atoms with E-state index in [0.717, 1.165) is 12.7 Å². The predicted molar refractivity (Wildman–Crippen MR) is 91.2 cm³/mol. The maximum absolute atomic E-state index is 12.6. The molecule has 24 heavy (non-hydrogen) atoms. The summed E-state index contributed by atoms with van der Waals surface area (Å²) < 4.78 is 24.9. The molecule has 2 amide bonds. The highest BCUT2D eigenvalue weighted by Gasteiger charge is 2.36. The van der Waals surface area contributed by atoms with Crippen LogP contribution < -0.4 is 10.2 Å². The zero-order chi connectivity index (χ0) is 17.3. The van der Waals surface area contributed by atoms with Crippen molar-refractivity contribution < 1.29 is 18.0 Å². The number of amides is 2. The Labute approximate surface area is 141 Å². The first-order valence-electron chi connectivity index (χ1n) is 8.05. The largest absolute Gasteiger partial charge is 0.323 e. The fourth-order valence-corrected chi connectivity index (χ4v) is 4.46. The molecule has 0 radical (unpaired) electrons. The fourth-order valence-electron chi connectivity index (χ4n) is 3.33. The molecule has 2 fully saturated rings. The quantitative estimate of drug-likeness (QED) is 0.882. The average Bonchev–Trinajstić information content (AvgIpc) is 3.16. The molecule has 3 rings (SSSR count). The first kappa shape index (κ1) is 16.9. The van der Waals surface area contributed by atoms with Crippen LogP contribution in [0.1, 0.15) is 25.7 Å². The normalized spacial score (nSPS) is 22.1. The molecule has 2 aliphatic rings. The molecule has 7 nitrogen and oxygen atoms in total. The lowest BCUT2D eigenvalue weighted by Crippen LogP contribution is -2.42. The number of nitrogens with zero attached hydrogens (tertiary/aromatic N) is 2. The van der Waals surface area contributed by atoms with Crippen molar-refractivity contribution >= 4 is 33.2 Å². The smallest absolute Gasteiger partial charge is 0.242 e. The molecular weight excluding hydrogens is 330 g/mol. The zero-order valence-corrected chi connectivity index (χ0v) is 14.4. The summed E-state index contributed by atoms with van der Waals surface area (Å²) in [6.45, 7) is 0.994. The van der Waals surface area contributed by atoms with Crippen molar-refractivity contribution in [1.29, 1.82) is 0 Å². The number of sulfonamides is 1. The van der Waals surface area contributed by atoms with Gasteiger partial charge < -0.3 is 10.2 Å². The second-order valence-corrected chi connectivity index (χ2v) is 8.12. The van der Waals surface area contributed by atoms with Gasteiger partial charge in [0.25, 0.3) is 0 Å². The third-order valence-corrected chi connectivity index (χ3v) is 5.75. The average molecular weight is 351 g/mol. The van der Waals surface area contributed by atoms with Gasteiger partial charge in [-0.05, 0) is 31.4 Å². The molecule has 1 atom stereocenters. The van der Waals surface area contributed by atoms with E-state index in [1.165, 1.54) is 4.31 Å². The molecule has 0 aromatic heterocycles. The number of hydrogen-bond donors (Lipinski definition) is 1. The third kappa shape index (κ3) is 3.29. The van der Waals surface area contributed by atoms with Gasteiger partial charge in [-0.15, -0.1) is 0 Å². The molecule has 2 aliphatic heterocycles. The van der Waals surface area contributed by atoms with E-state index in [0.29, 0.717) is 43.7 Å². The van der Waals surface area contributed by atoms with E-state index in [1.807, 2.05) is 6.07 Å². The van der Waals surface area contributed by atoms with E-state index in [9.17, 15) is 18.0 Å². The predicted octanol–water partition coefficient (Wildman–Crippen LogP) is 1.18. The first-order chi connectivity index (χ1) is 11.4. The van der Waals surface area contributed by atoms with Crippen LogP contribution in [0.3, 0.4) is 0 Å². The Hall–Kier alpha value is -1.93. The molecule has 8 heteroatoms. The second-order valence-electron chi connectivity index (χ2n) is 6.19. The van der Waals surface area contributed by atoms with Gasteiger partial charge in [-0.2, -0.15) is 4.31 Å². The van der Waals surface area contributed by atoms with Crippen LogP contribution >= 0.6 is 0 Å². The summed E-state index contributed by atoms with van der Waals surface area (Å²) in [6.07, 6.45) is 3.59. The van der Waals surface area contributed by atoms with Crippen LogP contribution in [-0.2, 0) is 19.6 Å². The summed E-state index contributed by atoms with van der Waals surface area (Å²) >= 11 is 0. The number of rotatable bonds is 4. The number of carbonyl (C=O) groups is 2. The molecule has 1 aromatic carbocycles. The van der Waals surface area contributed by atoms with Crippen LogP contribution in [0.25, 0.3) is 0 Å². The monoisotopic (exact) mass is 351 g/mol. The highest BCUT2D eigenvalue weighted by molar-refractivity contribution is 7.88. The van der Waals surface area contributed by atoms with E-state index in [-0.39, 0.29) is 11.8 Å². The lowest BCUT2D eigenvalue weighted by atomic mass is 10.2. The van der Waals surface area contributed by atoms with Crippen LogP contribution in [0.15, 0.2) is 24.3 Å². The summed E-state index contributed by atoms with van der Waals surface area (Å²) in [7, 11) is -3.42. The van der Waals surface area contributed by atoms with Crippen LogP contribution in [-0.4, -0.2) is 49.9 Å². The third-order valence-electron chi connectivity index (χ3n) is 4.46. The van der Waals surface area contributed by atoms with E-state index < -0.39 is 16.1 Å². The maximum Gasteiger partial charge on any atom is 0.242 e. The Kier molecular flexibility index (Phi) is 4.60. The number of para-hydroxylation sites is 2. The number of carbonyl (C=O) groups excluding carboxylic acids is 2. The SMILES string of the molecule is CS(=O)(=O)N1CCCC1C(=O)Nc1ccccc1N1CCCC1=O. The van der Waals surface area contributed by atoms with Crippen molar-refractivity contribution in [2.24, 2.45) is 0 Å². The minimum Gasteiger partial charge on any atom is -0.323 e. The van der Waals surface area contributed by atoms with E-state index in [4.69, 9.17) is 0 Å². The molecule has 1 unspecified atom stereocenters. The number of hydrogen-bond acceptors (Lipinski definition) is 4. The summed E-state index contributed by atoms with van der Waals surface area (Å²) in [6, 6.07) is 6.43. The Morgan fingerprint density at radius 3 is 2.62 bits per heavy atom. The van der Waals surface area contributed by atoms with Gasteiger partial charge in [-0.3, -0.25) is 9.59 Å². The molecule has 130 valence electrons. The molecule has 2 saturated heterocycles. The Balaban J connectivity index is 1.81. The summed E-state index contributed by atoms with van der Waals surface area (Å²) in [5, 5.41) is 2.81. The molecule has 0 saturated carbocycles. The van der Waals surface area contributed by atoms with Crippen LogP contribution in [0.2, 0.25) is 0 Å². The molecule has 1 aromatic rings. The van der Waals surface area contributed by atoms with Crippen molar-refractivity contribution in [2.45, 2.75) is 31.7 Å². The van der Waals surface area contributed by atoms with Gasteiger partial charge in [0.1, 0.15) is 6.04 Å². The minimum atomic E-state index is -3.42. The molecule has 0 bridgehead atoms. The standard InChI is InChI=1S/C16H21N3O4S/c1-24(22,23)19-11-4-8-14(19)16(21)17-12-6-2-3-7-13(12)18-10-5-9-15(18)20/h2-3,6-7,14H,4-5,8-11H2,1H3,(H,17,21). The molecule has 2 heterocycles. The number of anilines is 2. The Morgan fingerprint density at radius 2 is 1.96 bits per heavy atom. The van der Waals surface area contributed by atoms with Gasteiger partial charge in [-0.25, -0.2) is 8.42 Å². The van der Waals surface area contributed by atoms with Gasteiger partial charge in [0.15, 0.2) is 0 Å². The van der Waals surface area contributed by atoms with Gasteiger partial charge in [0.2, 0.25) is 21.8 Å². The summed E-state index contributed by atoms with van der Waals surface area (Å²) in [4.78, 5) is 26.2. The molecule has 0 aliphatic carbocycles. The van der Waals surface area contributed by atoms with Gasteiger partial charge in [0, 0.05) is 19.5 Å². The van der Waals surface area contributed by atoms with Crippen molar-refractivity contribution in [1.82, 2.24) is 4.31 Å². The Bertz CT molecular complexity index is 762. The van der Waals surface area contributed by atoms with Gasteiger partial charge in [-0.1, -0.05) is 12.1 Å². The van der Waals surface area contributed by atoms with Gasteiger partial charge in [0.05, 0.1) is 17.6 Å². The maximum atomic E-state index is 12.6. The topological polar surface area (TPSA) is 86.8 Å². The van der Waals surface area contributed by atoms with Crippen LogP contribution in [0, 0.1) is 0 Å². The van der Waals surface area contributed by atoms with Crippen LogP contribution in [0.4, 0.5) is 11.4 Å². The summed E-state index contributed by atoms with van der Waals surface area (Å²) in [5.74, 6) is -0.313. The van der Waals surface area contributed by atoms with Crippen molar-refractivity contribution in [3.8, 4) is 0 Å². The van der Waals surface area contributed by atoms with Crippen LogP contribution in [0.5, 0.6) is 0 Å². The highest BCUT2D eigenvalue weighted by atomic mass is 32.2. The molecular formula is C16H21N3O4S. The lowest BCUT2D eigenvalue weighted by Gasteiger charge is -2.24.